The molecule has 3 fully saturated rings. The van der Waals surface area contributed by atoms with Crippen LogP contribution in [0.2, 0.25) is 0 Å². The number of aliphatic hydroxyl groups is 1. The van der Waals surface area contributed by atoms with Crippen LogP contribution in [-0.4, -0.2) is 53.9 Å². The summed E-state index contributed by atoms with van der Waals surface area (Å²) in [7, 11) is 0. The standard InChI is InChI=1S/C27H38N2O3/c1-18-7-6-10-20-15-23-24(25(30)27(18,20)2)22(26(31)32-23)16-28-21-11-13-29(14-12-21)17-19-8-4-3-5-9-19/h3-5,8-10,18,21-25,28,30H,6-7,11-17H2,1-2H3/t18-,22+,23+,24+,25-,27+/m0/s1. The van der Waals surface area contributed by atoms with Gasteiger partial charge in [-0.05, 0) is 50.3 Å². The highest BCUT2D eigenvalue weighted by Crippen LogP contribution is 2.55. The summed E-state index contributed by atoms with van der Waals surface area (Å²) in [5.41, 5.74) is 2.44. The van der Waals surface area contributed by atoms with Crippen molar-refractivity contribution in [3.8, 4) is 0 Å². The van der Waals surface area contributed by atoms with Gasteiger partial charge in [0.05, 0.1) is 12.0 Å². The predicted octanol–water partition coefficient (Wildman–Crippen LogP) is 3.53. The molecule has 2 aliphatic carbocycles. The van der Waals surface area contributed by atoms with Crippen molar-refractivity contribution >= 4 is 5.97 Å². The van der Waals surface area contributed by atoms with Crippen LogP contribution in [0.1, 0.15) is 51.5 Å². The van der Waals surface area contributed by atoms with Gasteiger partial charge < -0.3 is 15.2 Å². The van der Waals surface area contributed by atoms with Crippen molar-refractivity contribution in [2.45, 2.75) is 70.7 Å². The van der Waals surface area contributed by atoms with E-state index < -0.39 is 6.10 Å². The quantitative estimate of drug-likeness (QED) is 0.544. The minimum absolute atomic E-state index is 0.101. The van der Waals surface area contributed by atoms with Gasteiger partial charge in [-0.15, -0.1) is 0 Å². The van der Waals surface area contributed by atoms with Crippen molar-refractivity contribution in [3.63, 3.8) is 0 Å². The minimum atomic E-state index is -0.520. The highest BCUT2D eigenvalue weighted by atomic mass is 16.6. The van der Waals surface area contributed by atoms with Gasteiger partial charge in [0.15, 0.2) is 0 Å². The van der Waals surface area contributed by atoms with Crippen molar-refractivity contribution in [3.05, 3.63) is 47.5 Å². The zero-order valence-electron chi connectivity index (χ0n) is 19.5. The Morgan fingerprint density at radius 1 is 1.19 bits per heavy atom. The highest BCUT2D eigenvalue weighted by molar-refractivity contribution is 5.76. The molecule has 1 aromatic carbocycles. The van der Waals surface area contributed by atoms with E-state index in [0.29, 0.717) is 18.5 Å². The number of piperidine rings is 1. The SMILES string of the molecule is C[C@H]1CCC=C2C[C@H]3OC(=O)[C@H](CNC4CCN(Cc5ccccc5)CC4)[C@H]3[C@H](O)[C@@]21C. The Bertz CT molecular complexity index is 848. The molecule has 2 N–H and O–H groups in total. The molecule has 2 saturated heterocycles. The van der Waals surface area contributed by atoms with E-state index in [2.05, 4.69) is 60.5 Å². The van der Waals surface area contributed by atoms with Gasteiger partial charge in [-0.1, -0.05) is 55.8 Å². The molecule has 32 heavy (non-hydrogen) atoms. The molecular weight excluding hydrogens is 400 g/mol. The lowest BCUT2D eigenvalue weighted by Gasteiger charge is -2.51. The van der Waals surface area contributed by atoms with E-state index in [0.717, 1.165) is 51.7 Å². The van der Waals surface area contributed by atoms with Gasteiger partial charge in [0.2, 0.25) is 0 Å². The molecule has 0 amide bonds. The normalized spacial score (nSPS) is 38.0. The van der Waals surface area contributed by atoms with Crippen molar-refractivity contribution in [1.29, 1.82) is 0 Å². The number of hydrogen-bond donors (Lipinski definition) is 2. The first-order chi connectivity index (χ1) is 15.5. The fraction of sp³-hybridized carbons (Fsp3) is 0.667. The fourth-order valence-electron chi connectivity index (χ4n) is 6.73. The topological polar surface area (TPSA) is 61.8 Å². The molecule has 2 aliphatic heterocycles. The zero-order valence-corrected chi connectivity index (χ0v) is 19.5. The van der Waals surface area contributed by atoms with Gasteiger partial charge in [0, 0.05) is 36.9 Å². The van der Waals surface area contributed by atoms with Crippen LogP contribution in [0.15, 0.2) is 42.0 Å². The lowest BCUT2D eigenvalue weighted by molar-refractivity contribution is -0.144. The number of hydrogen-bond acceptors (Lipinski definition) is 5. The maximum absolute atomic E-state index is 12.8. The summed E-state index contributed by atoms with van der Waals surface area (Å²) in [6.07, 6.45) is 6.76. The molecule has 174 valence electrons. The third kappa shape index (κ3) is 3.93. The van der Waals surface area contributed by atoms with E-state index >= 15 is 0 Å². The molecule has 5 heteroatoms. The van der Waals surface area contributed by atoms with Crippen LogP contribution >= 0.6 is 0 Å². The number of benzene rings is 1. The number of carbonyl (C=O) groups excluding carboxylic acids is 1. The number of ether oxygens (including phenoxy) is 1. The number of allylic oxidation sites excluding steroid dienone is 1. The first-order valence-corrected chi connectivity index (χ1v) is 12.5. The van der Waals surface area contributed by atoms with Crippen LogP contribution in [-0.2, 0) is 16.1 Å². The largest absolute Gasteiger partial charge is 0.461 e. The number of fused-ring (bicyclic) bond motifs is 2. The molecule has 0 unspecified atom stereocenters. The summed E-state index contributed by atoms with van der Waals surface area (Å²) in [5.74, 6) is -0.0408. The lowest BCUT2D eigenvalue weighted by atomic mass is 9.55. The summed E-state index contributed by atoms with van der Waals surface area (Å²) in [4.78, 5) is 15.3. The average Bonchev–Trinajstić information content (AvgIpc) is 3.11. The second kappa shape index (κ2) is 8.92. The number of aliphatic hydroxyl groups excluding tert-OH is 1. The Labute approximate surface area is 192 Å². The highest BCUT2D eigenvalue weighted by Gasteiger charge is 2.59. The molecule has 0 radical (unpaired) electrons. The molecule has 2 heterocycles. The van der Waals surface area contributed by atoms with Crippen LogP contribution in [0.25, 0.3) is 0 Å². The maximum Gasteiger partial charge on any atom is 0.311 e. The van der Waals surface area contributed by atoms with Gasteiger partial charge in [-0.2, -0.15) is 0 Å². The first kappa shape index (κ1) is 22.1. The molecule has 4 aliphatic rings. The minimum Gasteiger partial charge on any atom is -0.461 e. The van der Waals surface area contributed by atoms with Gasteiger partial charge in [0.1, 0.15) is 6.10 Å². The van der Waals surface area contributed by atoms with Crippen molar-refractivity contribution < 1.29 is 14.6 Å². The van der Waals surface area contributed by atoms with Gasteiger partial charge in [-0.3, -0.25) is 9.69 Å². The van der Waals surface area contributed by atoms with E-state index in [1.807, 2.05) is 0 Å². The summed E-state index contributed by atoms with van der Waals surface area (Å²) in [5, 5.41) is 15.2. The van der Waals surface area contributed by atoms with E-state index in [1.54, 1.807) is 0 Å². The smallest absolute Gasteiger partial charge is 0.311 e. The molecule has 0 spiro atoms. The van der Waals surface area contributed by atoms with Gasteiger partial charge >= 0.3 is 5.97 Å². The first-order valence-electron chi connectivity index (χ1n) is 12.5. The second-order valence-corrected chi connectivity index (χ2v) is 10.7. The number of carbonyl (C=O) groups is 1. The Balaban J connectivity index is 1.18. The molecule has 0 aromatic heterocycles. The van der Waals surface area contributed by atoms with Crippen LogP contribution in [0.4, 0.5) is 0 Å². The number of esters is 1. The summed E-state index contributed by atoms with van der Waals surface area (Å²) < 4.78 is 5.81. The van der Waals surface area contributed by atoms with Crippen LogP contribution < -0.4 is 5.32 Å². The molecule has 6 atom stereocenters. The molecule has 5 rings (SSSR count). The molecule has 5 nitrogen and oxygen atoms in total. The maximum atomic E-state index is 12.8. The summed E-state index contributed by atoms with van der Waals surface area (Å²) >= 11 is 0. The Morgan fingerprint density at radius 3 is 2.69 bits per heavy atom. The molecule has 1 aromatic rings. The Hall–Kier alpha value is -1.69. The van der Waals surface area contributed by atoms with Gasteiger partial charge in [-0.25, -0.2) is 0 Å². The molecule has 1 saturated carbocycles. The van der Waals surface area contributed by atoms with E-state index in [1.165, 1.54) is 11.1 Å². The molecular formula is C27H38N2O3. The van der Waals surface area contributed by atoms with E-state index in [4.69, 9.17) is 4.74 Å². The van der Waals surface area contributed by atoms with Crippen molar-refractivity contribution in [1.82, 2.24) is 10.2 Å². The summed E-state index contributed by atoms with van der Waals surface area (Å²) in [6.45, 7) is 8.22. The fourth-order valence-corrected chi connectivity index (χ4v) is 6.73. The zero-order chi connectivity index (χ0) is 22.3. The third-order valence-corrected chi connectivity index (χ3v) is 9.03. The number of likely N-dealkylation sites (tertiary alicyclic amines) is 1. The number of nitrogens with one attached hydrogen (secondary N) is 1. The second-order valence-electron chi connectivity index (χ2n) is 10.7. The van der Waals surface area contributed by atoms with Crippen LogP contribution in [0.3, 0.4) is 0 Å². The van der Waals surface area contributed by atoms with Crippen LogP contribution in [0, 0.1) is 23.2 Å². The predicted molar refractivity (Wildman–Crippen MR) is 125 cm³/mol. The average molecular weight is 439 g/mol. The number of rotatable bonds is 5. The van der Waals surface area contributed by atoms with Crippen molar-refractivity contribution in [2.75, 3.05) is 19.6 Å². The number of nitrogens with zero attached hydrogens (tertiary/aromatic N) is 1. The monoisotopic (exact) mass is 438 g/mol. The van der Waals surface area contributed by atoms with Crippen molar-refractivity contribution in [2.24, 2.45) is 23.2 Å². The summed E-state index contributed by atoms with van der Waals surface area (Å²) in [6, 6.07) is 11.1. The van der Waals surface area contributed by atoms with E-state index in [9.17, 15) is 9.90 Å². The Kier molecular flexibility index (Phi) is 6.17. The van der Waals surface area contributed by atoms with Gasteiger partial charge in [0.25, 0.3) is 0 Å². The Morgan fingerprint density at radius 2 is 1.94 bits per heavy atom. The lowest BCUT2D eigenvalue weighted by Crippen LogP contribution is -2.55. The third-order valence-electron chi connectivity index (χ3n) is 9.03. The van der Waals surface area contributed by atoms with Crippen LogP contribution in [0.5, 0.6) is 0 Å². The molecule has 0 bridgehead atoms. The van der Waals surface area contributed by atoms with E-state index in [-0.39, 0.29) is 29.3 Å².